The first-order valence-electron chi connectivity index (χ1n) is 6.36. The maximum Gasteiger partial charge on any atom is 0.137 e. The zero-order valence-electron chi connectivity index (χ0n) is 11.0. The average molecular weight is 275 g/mol. The first-order chi connectivity index (χ1) is 9.19. The lowest BCUT2D eigenvalue weighted by molar-refractivity contribution is 0.599. The summed E-state index contributed by atoms with van der Waals surface area (Å²) in [5, 5.41) is 0. The molecule has 1 nitrogen and oxygen atoms in total. The molecule has 2 rings (SSSR count). The van der Waals surface area contributed by atoms with Crippen molar-refractivity contribution in [1.29, 1.82) is 0 Å². The van der Waals surface area contributed by atoms with Crippen LogP contribution in [0.15, 0.2) is 47.4 Å². The number of hydrogen-bond acceptors (Lipinski definition) is 2. The van der Waals surface area contributed by atoms with Gasteiger partial charge in [0.25, 0.3) is 0 Å². The van der Waals surface area contributed by atoms with Gasteiger partial charge in [0.1, 0.15) is 5.82 Å². The summed E-state index contributed by atoms with van der Waals surface area (Å²) in [6.45, 7) is 2.62. The van der Waals surface area contributed by atoms with E-state index < -0.39 is 0 Å². The van der Waals surface area contributed by atoms with Crippen molar-refractivity contribution in [1.82, 2.24) is 0 Å². The van der Waals surface area contributed by atoms with Gasteiger partial charge >= 0.3 is 0 Å². The van der Waals surface area contributed by atoms with E-state index in [-0.39, 0.29) is 5.82 Å². The Morgan fingerprint density at radius 3 is 2.63 bits per heavy atom. The molecule has 100 valence electrons. The van der Waals surface area contributed by atoms with Gasteiger partial charge < -0.3 is 5.73 Å². The third-order valence-electron chi connectivity index (χ3n) is 2.91. The first kappa shape index (κ1) is 14.1. The van der Waals surface area contributed by atoms with Crippen LogP contribution >= 0.6 is 11.8 Å². The summed E-state index contributed by atoms with van der Waals surface area (Å²) in [6.07, 6.45) is 0.722. The van der Waals surface area contributed by atoms with Crippen LogP contribution in [0.2, 0.25) is 0 Å². The van der Waals surface area contributed by atoms with Crippen molar-refractivity contribution >= 4 is 11.8 Å². The fourth-order valence-electron chi connectivity index (χ4n) is 1.95. The minimum Gasteiger partial charge on any atom is -0.330 e. The Balaban J connectivity index is 2.03. The second-order valence-corrected chi connectivity index (χ2v) is 5.60. The van der Waals surface area contributed by atoms with Gasteiger partial charge in [-0.15, -0.1) is 11.8 Å². The molecule has 2 aromatic rings. The van der Waals surface area contributed by atoms with Gasteiger partial charge in [-0.25, -0.2) is 4.39 Å². The van der Waals surface area contributed by atoms with Gasteiger partial charge in [-0.1, -0.05) is 35.9 Å². The zero-order valence-corrected chi connectivity index (χ0v) is 11.8. The number of halogens is 1. The van der Waals surface area contributed by atoms with Gasteiger partial charge in [-0.2, -0.15) is 0 Å². The van der Waals surface area contributed by atoms with E-state index >= 15 is 0 Å². The highest BCUT2D eigenvalue weighted by Gasteiger charge is 2.05. The predicted molar refractivity (Wildman–Crippen MR) is 79.9 cm³/mol. The number of rotatable bonds is 5. The topological polar surface area (TPSA) is 26.0 Å². The van der Waals surface area contributed by atoms with Crippen molar-refractivity contribution in [2.75, 3.05) is 6.54 Å². The summed E-state index contributed by atoms with van der Waals surface area (Å²) in [6, 6.07) is 13.7. The van der Waals surface area contributed by atoms with Crippen LogP contribution in [0.4, 0.5) is 4.39 Å². The van der Waals surface area contributed by atoms with Gasteiger partial charge in [0.2, 0.25) is 0 Å². The Kier molecular flexibility index (Phi) is 5.00. The Labute approximate surface area is 118 Å². The Hall–Kier alpha value is -1.32. The van der Waals surface area contributed by atoms with Crippen LogP contribution < -0.4 is 5.73 Å². The van der Waals surface area contributed by atoms with Crippen LogP contribution in [-0.2, 0) is 12.2 Å². The van der Waals surface area contributed by atoms with Crippen molar-refractivity contribution in [3.63, 3.8) is 0 Å². The molecule has 0 atom stereocenters. The number of hydrogen-bond donors (Lipinski definition) is 1. The molecule has 3 heteroatoms. The van der Waals surface area contributed by atoms with E-state index in [9.17, 15) is 4.39 Å². The van der Waals surface area contributed by atoms with Crippen molar-refractivity contribution in [2.24, 2.45) is 5.73 Å². The van der Waals surface area contributed by atoms with E-state index in [1.807, 2.05) is 18.2 Å². The van der Waals surface area contributed by atoms with Crippen LogP contribution in [-0.4, -0.2) is 6.54 Å². The number of aryl methyl sites for hydroxylation is 1. The molecule has 19 heavy (non-hydrogen) atoms. The Morgan fingerprint density at radius 1 is 1.11 bits per heavy atom. The van der Waals surface area contributed by atoms with Crippen LogP contribution in [0.25, 0.3) is 0 Å². The number of thioether (sulfide) groups is 1. The molecule has 0 unspecified atom stereocenters. The molecule has 0 bridgehead atoms. The normalized spacial score (nSPS) is 10.7. The lowest BCUT2D eigenvalue weighted by Gasteiger charge is -2.06. The lowest BCUT2D eigenvalue weighted by Crippen LogP contribution is -2.02. The van der Waals surface area contributed by atoms with Crippen LogP contribution in [0.3, 0.4) is 0 Å². The molecule has 0 spiro atoms. The van der Waals surface area contributed by atoms with Crippen molar-refractivity contribution in [3.8, 4) is 0 Å². The molecule has 0 saturated heterocycles. The summed E-state index contributed by atoms with van der Waals surface area (Å²) < 4.78 is 13.9. The van der Waals surface area contributed by atoms with Gasteiger partial charge in [-0.05, 0) is 43.1 Å². The molecule has 0 aliphatic carbocycles. The molecule has 0 aliphatic heterocycles. The molecule has 2 N–H and O–H groups in total. The summed E-state index contributed by atoms with van der Waals surface area (Å²) in [5.41, 5.74) is 8.88. The highest BCUT2D eigenvalue weighted by atomic mass is 32.2. The fraction of sp³-hybridized carbons (Fsp3) is 0.250. The largest absolute Gasteiger partial charge is 0.330 e. The van der Waals surface area contributed by atoms with E-state index in [1.54, 1.807) is 6.07 Å². The quantitative estimate of drug-likeness (QED) is 0.837. The summed E-state index contributed by atoms with van der Waals surface area (Å²) in [4.78, 5) is 0.697. The molecular formula is C16H18FNS. The third-order valence-corrected chi connectivity index (χ3v) is 4.03. The first-order valence-corrected chi connectivity index (χ1v) is 7.34. The molecule has 0 saturated carbocycles. The third kappa shape index (κ3) is 4.08. The van der Waals surface area contributed by atoms with Crippen molar-refractivity contribution < 1.29 is 4.39 Å². The second kappa shape index (κ2) is 6.73. The minimum atomic E-state index is -0.149. The van der Waals surface area contributed by atoms with Crippen LogP contribution in [0, 0.1) is 12.7 Å². The van der Waals surface area contributed by atoms with E-state index in [0.29, 0.717) is 11.4 Å². The molecular weight excluding hydrogens is 257 g/mol. The van der Waals surface area contributed by atoms with E-state index in [1.165, 1.54) is 22.9 Å². The van der Waals surface area contributed by atoms with E-state index in [0.717, 1.165) is 17.7 Å². The van der Waals surface area contributed by atoms with Gasteiger partial charge in [0, 0.05) is 10.6 Å². The van der Waals surface area contributed by atoms with Crippen molar-refractivity contribution in [2.45, 2.75) is 24.0 Å². The predicted octanol–water partition coefficient (Wildman–Crippen LogP) is 3.93. The van der Waals surface area contributed by atoms with Crippen LogP contribution in [0.1, 0.15) is 16.7 Å². The molecule has 0 heterocycles. The number of nitrogens with two attached hydrogens (primary N) is 1. The lowest BCUT2D eigenvalue weighted by atomic mass is 10.1. The van der Waals surface area contributed by atoms with E-state index in [4.69, 9.17) is 5.73 Å². The second-order valence-electron chi connectivity index (χ2n) is 4.58. The average Bonchev–Trinajstić information content (AvgIpc) is 2.38. The van der Waals surface area contributed by atoms with Gasteiger partial charge in [0.15, 0.2) is 0 Å². The van der Waals surface area contributed by atoms with Gasteiger partial charge in [0.05, 0.1) is 0 Å². The SMILES string of the molecule is Cc1cccc(CSc2ccc(CCN)cc2F)c1. The Bertz CT molecular complexity index is 554. The Morgan fingerprint density at radius 2 is 1.95 bits per heavy atom. The maximum atomic E-state index is 13.9. The molecule has 0 aromatic heterocycles. The standard InChI is InChI=1S/C16H18FNS/c1-12-3-2-4-14(9-12)11-19-16-6-5-13(7-8-18)10-15(16)17/h2-6,9-10H,7-8,11,18H2,1H3. The molecule has 0 radical (unpaired) electrons. The zero-order chi connectivity index (χ0) is 13.7. The highest BCUT2D eigenvalue weighted by molar-refractivity contribution is 7.98. The summed E-state index contributed by atoms with van der Waals surface area (Å²) in [7, 11) is 0. The fourth-order valence-corrected chi connectivity index (χ4v) is 2.81. The smallest absolute Gasteiger partial charge is 0.137 e. The summed E-state index contributed by atoms with van der Waals surface area (Å²) in [5.74, 6) is 0.637. The number of benzene rings is 2. The van der Waals surface area contributed by atoms with Gasteiger partial charge in [-0.3, -0.25) is 0 Å². The van der Waals surface area contributed by atoms with E-state index in [2.05, 4.69) is 25.1 Å². The molecule has 2 aromatic carbocycles. The van der Waals surface area contributed by atoms with Crippen molar-refractivity contribution in [3.05, 3.63) is 65.0 Å². The maximum absolute atomic E-state index is 13.9. The molecule has 0 amide bonds. The minimum absolute atomic E-state index is 0.149. The highest BCUT2D eigenvalue weighted by Crippen LogP contribution is 2.26. The monoisotopic (exact) mass is 275 g/mol. The molecule has 0 fully saturated rings. The molecule has 0 aliphatic rings. The summed E-state index contributed by atoms with van der Waals surface area (Å²) >= 11 is 1.53. The van der Waals surface area contributed by atoms with Crippen LogP contribution in [0.5, 0.6) is 0 Å².